The van der Waals surface area contributed by atoms with E-state index >= 15 is 0 Å². The Labute approximate surface area is 234 Å². The average molecular weight is 571 g/mol. The van der Waals surface area contributed by atoms with Crippen molar-refractivity contribution in [3.8, 4) is 11.1 Å². The van der Waals surface area contributed by atoms with Crippen molar-refractivity contribution in [2.75, 3.05) is 13.2 Å². The number of carboxylic acid groups (broad SMARTS) is 1. The number of alkyl halides is 3. The number of aliphatic carboxylic acids is 1. The van der Waals surface area contributed by atoms with Gasteiger partial charge in [-0.2, -0.15) is 13.2 Å². The zero-order chi connectivity index (χ0) is 29.6. The van der Waals surface area contributed by atoms with Crippen LogP contribution in [-0.2, 0) is 25.7 Å². The highest BCUT2D eigenvalue weighted by molar-refractivity contribution is 5.87. The Kier molecular flexibility index (Phi) is 9.28. The van der Waals surface area contributed by atoms with Crippen molar-refractivity contribution in [2.24, 2.45) is 5.92 Å². The molecule has 8 nitrogen and oxygen atoms in total. The van der Waals surface area contributed by atoms with E-state index in [-0.39, 0.29) is 19.1 Å². The number of benzene rings is 3. The third-order valence-electron chi connectivity index (χ3n) is 6.90. The van der Waals surface area contributed by atoms with Crippen LogP contribution >= 0.6 is 0 Å². The highest BCUT2D eigenvalue weighted by Crippen LogP contribution is 2.44. The van der Waals surface area contributed by atoms with Gasteiger partial charge in [0.15, 0.2) is 5.92 Å². The molecule has 3 unspecified atom stereocenters. The molecule has 1 aliphatic rings. The molecule has 0 saturated carbocycles. The third kappa shape index (κ3) is 7.23. The molecule has 0 heterocycles. The van der Waals surface area contributed by atoms with Gasteiger partial charge in [-0.3, -0.25) is 9.59 Å². The summed E-state index contributed by atoms with van der Waals surface area (Å²) in [7, 11) is 0. The van der Waals surface area contributed by atoms with Gasteiger partial charge in [-0.25, -0.2) is 4.79 Å². The van der Waals surface area contributed by atoms with Crippen LogP contribution in [0.3, 0.4) is 0 Å². The van der Waals surface area contributed by atoms with E-state index in [9.17, 15) is 27.6 Å². The second-order valence-corrected chi connectivity index (χ2v) is 9.63. The average Bonchev–Trinajstić information content (AvgIpc) is 3.26. The van der Waals surface area contributed by atoms with Gasteiger partial charge in [0.1, 0.15) is 12.6 Å². The number of hydrogen-bond donors (Lipinski definition) is 3. The predicted molar refractivity (Wildman–Crippen MR) is 143 cm³/mol. The van der Waals surface area contributed by atoms with Crippen LogP contribution in [0, 0.1) is 5.92 Å². The topological polar surface area (TPSA) is 114 Å². The zero-order valence-corrected chi connectivity index (χ0v) is 22.1. The molecule has 0 bridgehead atoms. The summed E-state index contributed by atoms with van der Waals surface area (Å²) >= 11 is 0. The molecule has 11 heteroatoms. The summed E-state index contributed by atoms with van der Waals surface area (Å²) in [6, 6.07) is 22.9. The van der Waals surface area contributed by atoms with Gasteiger partial charge in [0.25, 0.3) is 0 Å². The number of carboxylic acids is 1. The van der Waals surface area contributed by atoms with Crippen molar-refractivity contribution in [3.63, 3.8) is 0 Å². The Hall–Kier alpha value is -4.38. The molecular weight excluding hydrogens is 541 g/mol. The fraction of sp³-hybridized carbons (Fsp3) is 0.300. The van der Waals surface area contributed by atoms with Crippen molar-refractivity contribution >= 4 is 18.0 Å². The molecule has 3 N–H and O–H groups in total. The summed E-state index contributed by atoms with van der Waals surface area (Å²) < 4.78 is 50.6. The monoisotopic (exact) mass is 570 g/mol. The first kappa shape index (κ1) is 29.6. The van der Waals surface area contributed by atoms with Crippen molar-refractivity contribution in [1.82, 2.24) is 10.6 Å². The number of halogens is 3. The van der Waals surface area contributed by atoms with Gasteiger partial charge < -0.3 is 25.2 Å². The van der Waals surface area contributed by atoms with Crippen LogP contribution in [0.5, 0.6) is 0 Å². The van der Waals surface area contributed by atoms with Crippen LogP contribution < -0.4 is 10.6 Å². The smallest absolute Gasteiger partial charge is 0.407 e. The van der Waals surface area contributed by atoms with Gasteiger partial charge in [-0.1, -0.05) is 78.9 Å². The molecule has 216 valence electrons. The second-order valence-electron chi connectivity index (χ2n) is 9.63. The maximum atomic E-state index is 13.1. The molecule has 0 aromatic heterocycles. The normalized spacial score (nSPS) is 14.7. The number of nitrogens with one attached hydrogen (secondary N) is 2. The van der Waals surface area contributed by atoms with E-state index in [4.69, 9.17) is 14.6 Å². The van der Waals surface area contributed by atoms with Crippen molar-refractivity contribution in [3.05, 3.63) is 95.6 Å². The summed E-state index contributed by atoms with van der Waals surface area (Å²) in [4.78, 5) is 36.9. The fourth-order valence-corrected chi connectivity index (χ4v) is 4.72. The minimum Gasteiger partial charge on any atom is -0.481 e. The number of ether oxygens (including phenoxy) is 2. The number of amides is 2. The third-order valence-corrected chi connectivity index (χ3v) is 6.90. The van der Waals surface area contributed by atoms with Crippen molar-refractivity contribution in [2.45, 2.75) is 37.8 Å². The highest BCUT2D eigenvalue weighted by Gasteiger charge is 2.45. The lowest BCUT2D eigenvalue weighted by Gasteiger charge is -2.26. The van der Waals surface area contributed by atoms with Gasteiger partial charge in [0, 0.05) is 12.5 Å². The molecule has 0 aliphatic heterocycles. The molecule has 0 saturated heterocycles. The molecule has 4 rings (SSSR count). The van der Waals surface area contributed by atoms with Gasteiger partial charge in [0.05, 0.1) is 12.7 Å². The molecule has 3 aromatic rings. The van der Waals surface area contributed by atoms with E-state index < -0.39 is 48.8 Å². The van der Waals surface area contributed by atoms with E-state index in [1.807, 2.05) is 53.8 Å². The molecule has 2 amide bonds. The summed E-state index contributed by atoms with van der Waals surface area (Å²) in [5, 5.41) is 13.3. The van der Waals surface area contributed by atoms with Gasteiger partial charge >= 0.3 is 18.2 Å². The number of alkyl carbamates (subject to hydrolysis) is 1. The van der Waals surface area contributed by atoms with Gasteiger partial charge in [-0.05, 0) is 34.7 Å². The number of carbonyl (C=O) groups is 3. The first-order valence-corrected chi connectivity index (χ1v) is 12.9. The Morgan fingerprint density at radius 2 is 1.46 bits per heavy atom. The van der Waals surface area contributed by atoms with Crippen LogP contribution in [0.4, 0.5) is 18.0 Å². The molecule has 41 heavy (non-hydrogen) atoms. The van der Waals surface area contributed by atoms with Gasteiger partial charge in [0.2, 0.25) is 5.91 Å². The largest absolute Gasteiger partial charge is 0.481 e. The van der Waals surface area contributed by atoms with Crippen LogP contribution in [0.1, 0.15) is 29.5 Å². The Morgan fingerprint density at radius 3 is 2.02 bits per heavy atom. The Bertz CT molecular complexity index is 1340. The SMILES string of the molecule is CC(OCc1ccccc1)C(NC(=O)OCC1c2ccccc2-c2ccccc21)C(=O)NCC(C(=O)O)C(F)(F)F. The number of carbonyl (C=O) groups excluding carboxylic acids is 2. The van der Waals surface area contributed by atoms with E-state index in [0.717, 1.165) is 27.8 Å². The predicted octanol–water partition coefficient (Wildman–Crippen LogP) is 4.88. The quantitative estimate of drug-likeness (QED) is 0.303. The van der Waals surface area contributed by atoms with Crippen LogP contribution in [-0.4, -0.2) is 54.5 Å². The molecular formula is C30H29F3N2O6. The lowest BCUT2D eigenvalue weighted by atomic mass is 9.98. The number of fused-ring (bicyclic) bond motifs is 3. The van der Waals surface area contributed by atoms with Crippen LogP contribution in [0.2, 0.25) is 0 Å². The highest BCUT2D eigenvalue weighted by atomic mass is 19.4. The van der Waals surface area contributed by atoms with E-state index in [1.54, 1.807) is 30.3 Å². The maximum absolute atomic E-state index is 13.1. The first-order valence-electron chi connectivity index (χ1n) is 12.9. The lowest BCUT2D eigenvalue weighted by molar-refractivity contribution is -0.192. The molecule has 1 aliphatic carbocycles. The van der Waals surface area contributed by atoms with E-state index in [2.05, 4.69) is 5.32 Å². The molecule has 0 fully saturated rings. The van der Waals surface area contributed by atoms with E-state index in [1.165, 1.54) is 6.92 Å². The first-order chi connectivity index (χ1) is 19.6. The van der Waals surface area contributed by atoms with E-state index in [0.29, 0.717) is 0 Å². The maximum Gasteiger partial charge on any atom is 0.407 e. The van der Waals surface area contributed by atoms with Crippen molar-refractivity contribution < 1.29 is 42.1 Å². The lowest BCUT2D eigenvalue weighted by Crippen LogP contribution is -2.55. The molecule has 0 radical (unpaired) electrons. The standard InChI is InChI=1S/C30H29F3N2O6/c1-18(40-16-19-9-3-2-4-10-19)26(27(36)34-15-25(28(37)38)30(31,32)33)35-29(39)41-17-24-22-13-7-5-11-20(22)21-12-6-8-14-23(21)24/h2-14,18,24-26H,15-17H2,1H3,(H,34,36)(H,35,39)(H,37,38). The van der Waals surface area contributed by atoms with Gasteiger partial charge in [-0.15, -0.1) is 0 Å². The summed E-state index contributed by atoms with van der Waals surface area (Å²) in [5.41, 5.74) is 4.76. The summed E-state index contributed by atoms with van der Waals surface area (Å²) in [6.07, 6.45) is -7.07. The number of hydrogen-bond acceptors (Lipinski definition) is 5. The van der Waals surface area contributed by atoms with Crippen molar-refractivity contribution in [1.29, 1.82) is 0 Å². The van der Waals surface area contributed by atoms with Crippen LogP contribution in [0.25, 0.3) is 11.1 Å². The molecule has 3 aromatic carbocycles. The molecule has 3 atom stereocenters. The second kappa shape index (κ2) is 12.9. The summed E-state index contributed by atoms with van der Waals surface area (Å²) in [6.45, 7) is 0.252. The fourth-order valence-electron chi connectivity index (χ4n) is 4.72. The summed E-state index contributed by atoms with van der Waals surface area (Å²) in [5.74, 6) is -6.25. The number of rotatable bonds is 11. The minimum absolute atomic E-state index is 0.0530. The Balaban J connectivity index is 1.45. The zero-order valence-electron chi connectivity index (χ0n) is 22.1. The Morgan fingerprint density at radius 1 is 0.902 bits per heavy atom. The molecule has 0 spiro atoms. The van der Waals surface area contributed by atoms with Crippen LogP contribution in [0.15, 0.2) is 78.9 Å². The minimum atomic E-state index is -5.08.